The van der Waals surface area contributed by atoms with Gasteiger partial charge in [-0.25, -0.2) is 0 Å². The molecule has 0 aliphatic heterocycles. The number of fused-ring (bicyclic) bond motifs is 1. The maximum Gasteiger partial charge on any atom is 0.255 e. The standard InChI is InChI=1S/C24H18BrNO6/c1-30-20-12-19-21(22(28)23(20)31-2)17(27)11-18(32-19)13-5-4-8-16(10-13)26-24(29)14-6-3-7-15(25)9-14/h3-12,28H,1-2H3,(H,26,29). The van der Waals surface area contributed by atoms with E-state index >= 15 is 0 Å². The molecule has 2 N–H and O–H groups in total. The fourth-order valence-corrected chi connectivity index (χ4v) is 3.74. The highest BCUT2D eigenvalue weighted by Crippen LogP contribution is 2.42. The highest BCUT2D eigenvalue weighted by molar-refractivity contribution is 9.10. The van der Waals surface area contributed by atoms with Crippen molar-refractivity contribution in [3.63, 3.8) is 0 Å². The summed E-state index contributed by atoms with van der Waals surface area (Å²) in [5, 5.41) is 13.3. The van der Waals surface area contributed by atoms with E-state index in [1.807, 2.05) is 6.07 Å². The van der Waals surface area contributed by atoms with Gasteiger partial charge >= 0.3 is 0 Å². The molecule has 0 atom stereocenters. The van der Waals surface area contributed by atoms with Crippen molar-refractivity contribution in [2.75, 3.05) is 19.5 Å². The molecule has 3 aromatic carbocycles. The van der Waals surface area contributed by atoms with E-state index in [0.29, 0.717) is 16.8 Å². The van der Waals surface area contributed by atoms with Crippen LogP contribution in [-0.4, -0.2) is 25.2 Å². The molecule has 162 valence electrons. The zero-order chi connectivity index (χ0) is 22.8. The first-order valence-electron chi connectivity index (χ1n) is 9.50. The fraction of sp³-hybridized carbons (Fsp3) is 0.0833. The lowest BCUT2D eigenvalue weighted by molar-refractivity contribution is 0.102. The lowest BCUT2D eigenvalue weighted by Crippen LogP contribution is -2.11. The van der Waals surface area contributed by atoms with Crippen LogP contribution in [0.15, 0.2) is 74.3 Å². The smallest absolute Gasteiger partial charge is 0.255 e. The topological polar surface area (TPSA) is 98.0 Å². The van der Waals surface area contributed by atoms with Gasteiger partial charge in [0.2, 0.25) is 5.75 Å². The summed E-state index contributed by atoms with van der Waals surface area (Å²) >= 11 is 3.35. The lowest BCUT2D eigenvalue weighted by Gasteiger charge is -2.12. The summed E-state index contributed by atoms with van der Waals surface area (Å²) in [6.07, 6.45) is 0. The maximum atomic E-state index is 12.8. The third kappa shape index (κ3) is 4.04. The molecule has 4 rings (SSSR count). The van der Waals surface area contributed by atoms with Gasteiger partial charge in [0.05, 0.1) is 14.2 Å². The Morgan fingerprint density at radius 3 is 2.53 bits per heavy atom. The molecule has 32 heavy (non-hydrogen) atoms. The van der Waals surface area contributed by atoms with E-state index < -0.39 is 5.43 Å². The third-order valence-corrected chi connectivity index (χ3v) is 5.32. The Kier molecular flexibility index (Phi) is 5.87. The first kappa shape index (κ1) is 21.5. The Hall–Kier alpha value is -3.78. The molecule has 8 heteroatoms. The van der Waals surface area contributed by atoms with Crippen LogP contribution < -0.4 is 20.2 Å². The molecule has 0 saturated heterocycles. The van der Waals surface area contributed by atoms with E-state index in [2.05, 4.69) is 21.2 Å². The van der Waals surface area contributed by atoms with Crippen molar-refractivity contribution in [2.45, 2.75) is 0 Å². The van der Waals surface area contributed by atoms with Crippen LogP contribution in [0.25, 0.3) is 22.3 Å². The van der Waals surface area contributed by atoms with Crippen molar-refractivity contribution in [3.8, 4) is 28.6 Å². The molecule has 1 heterocycles. The van der Waals surface area contributed by atoms with Crippen LogP contribution in [0.3, 0.4) is 0 Å². The van der Waals surface area contributed by atoms with E-state index in [-0.39, 0.29) is 39.9 Å². The minimum absolute atomic E-state index is 0.00879. The molecular weight excluding hydrogens is 478 g/mol. The maximum absolute atomic E-state index is 12.8. The van der Waals surface area contributed by atoms with Gasteiger partial charge in [0, 0.05) is 33.4 Å². The third-order valence-electron chi connectivity index (χ3n) is 4.83. The number of nitrogens with one attached hydrogen (secondary N) is 1. The number of phenols is 1. The van der Waals surface area contributed by atoms with Crippen LogP contribution in [0, 0.1) is 0 Å². The second kappa shape index (κ2) is 8.76. The molecule has 0 unspecified atom stereocenters. The van der Waals surface area contributed by atoms with E-state index in [0.717, 1.165) is 4.47 Å². The van der Waals surface area contributed by atoms with Crippen LogP contribution in [-0.2, 0) is 0 Å². The number of anilines is 1. The number of hydrogen-bond acceptors (Lipinski definition) is 6. The van der Waals surface area contributed by atoms with Gasteiger partial charge in [-0.05, 0) is 30.3 Å². The monoisotopic (exact) mass is 495 g/mol. The normalized spacial score (nSPS) is 10.7. The molecule has 0 spiro atoms. The van der Waals surface area contributed by atoms with Gasteiger partial charge in [-0.15, -0.1) is 0 Å². The molecule has 0 radical (unpaired) electrons. The number of methoxy groups -OCH3 is 2. The molecule has 0 bridgehead atoms. The number of benzene rings is 3. The second-order valence-electron chi connectivity index (χ2n) is 6.85. The predicted molar refractivity (Wildman–Crippen MR) is 125 cm³/mol. The number of carbonyl (C=O) groups excluding carboxylic acids is 1. The number of hydrogen-bond donors (Lipinski definition) is 2. The molecule has 0 aliphatic carbocycles. The first-order valence-corrected chi connectivity index (χ1v) is 10.3. The van der Waals surface area contributed by atoms with E-state index in [1.54, 1.807) is 42.5 Å². The van der Waals surface area contributed by atoms with Crippen LogP contribution in [0.2, 0.25) is 0 Å². The molecule has 1 aromatic heterocycles. The Labute approximate surface area is 191 Å². The fourth-order valence-electron chi connectivity index (χ4n) is 3.34. The van der Waals surface area contributed by atoms with Gasteiger partial charge in [-0.2, -0.15) is 0 Å². The number of halogens is 1. The van der Waals surface area contributed by atoms with E-state index in [1.165, 1.54) is 26.4 Å². The summed E-state index contributed by atoms with van der Waals surface area (Å²) in [7, 11) is 2.79. The largest absolute Gasteiger partial charge is 0.504 e. The van der Waals surface area contributed by atoms with Crippen molar-refractivity contribution in [1.29, 1.82) is 0 Å². The number of aromatic hydroxyl groups is 1. The molecule has 0 fully saturated rings. The summed E-state index contributed by atoms with van der Waals surface area (Å²) in [6.45, 7) is 0. The highest BCUT2D eigenvalue weighted by Gasteiger charge is 2.19. The van der Waals surface area contributed by atoms with Crippen LogP contribution in [0.1, 0.15) is 10.4 Å². The quantitative estimate of drug-likeness (QED) is 0.394. The van der Waals surface area contributed by atoms with E-state index in [9.17, 15) is 14.7 Å². The molecule has 0 aliphatic rings. The van der Waals surface area contributed by atoms with Crippen LogP contribution >= 0.6 is 15.9 Å². The van der Waals surface area contributed by atoms with Gasteiger partial charge in [-0.3, -0.25) is 9.59 Å². The molecular formula is C24H18BrNO6. The summed E-state index contributed by atoms with van der Waals surface area (Å²) in [4.78, 5) is 25.3. The minimum Gasteiger partial charge on any atom is -0.504 e. The highest BCUT2D eigenvalue weighted by atomic mass is 79.9. The summed E-state index contributed by atoms with van der Waals surface area (Å²) in [6, 6.07) is 16.7. The number of amides is 1. The van der Waals surface area contributed by atoms with Gasteiger partial charge < -0.3 is 24.3 Å². The van der Waals surface area contributed by atoms with Crippen LogP contribution in [0.4, 0.5) is 5.69 Å². The summed E-state index contributed by atoms with van der Waals surface area (Å²) in [5.74, 6) is -0.0693. The first-order chi connectivity index (χ1) is 15.4. The van der Waals surface area contributed by atoms with Gasteiger partial charge in [-0.1, -0.05) is 34.1 Å². The Morgan fingerprint density at radius 2 is 1.81 bits per heavy atom. The molecule has 0 saturated carbocycles. The van der Waals surface area contributed by atoms with Gasteiger partial charge in [0.25, 0.3) is 5.91 Å². The SMILES string of the molecule is COc1cc2oc(-c3cccc(NC(=O)c4cccc(Br)c4)c3)cc(=O)c2c(O)c1OC. The second-order valence-corrected chi connectivity index (χ2v) is 7.77. The van der Waals surface area contributed by atoms with E-state index in [4.69, 9.17) is 13.9 Å². The number of phenolic OH excluding ortho intramolecular Hbond substituents is 1. The van der Waals surface area contributed by atoms with Crippen molar-refractivity contribution in [1.82, 2.24) is 0 Å². The lowest BCUT2D eigenvalue weighted by atomic mass is 10.1. The Bertz CT molecular complexity index is 1400. The number of rotatable bonds is 5. The Balaban J connectivity index is 1.73. The van der Waals surface area contributed by atoms with Crippen LogP contribution in [0.5, 0.6) is 17.2 Å². The minimum atomic E-state index is -0.441. The average molecular weight is 496 g/mol. The number of carbonyl (C=O) groups is 1. The van der Waals surface area contributed by atoms with Crippen molar-refractivity contribution in [2.24, 2.45) is 0 Å². The molecule has 4 aromatic rings. The predicted octanol–water partition coefficient (Wildman–Crippen LogP) is 5.20. The van der Waals surface area contributed by atoms with Gasteiger partial charge in [0.1, 0.15) is 16.7 Å². The zero-order valence-corrected chi connectivity index (χ0v) is 18.7. The zero-order valence-electron chi connectivity index (χ0n) is 17.1. The van der Waals surface area contributed by atoms with Crippen molar-refractivity contribution < 1.29 is 23.8 Å². The average Bonchev–Trinajstić information content (AvgIpc) is 2.78. The molecule has 1 amide bonds. The summed E-state index contributed by atoms with van der Waals surface area (Å²) in [5.41, 5.74) is 1.31. The van der Waals surface area contributed by atoms with Crippen molar-refractivity contribution >= 4 is 38.5 Å². The van der Waals surface area contributed by atoms with Crippen molar-refractivity contribution in [3.05, 3.63) is 80.9 Å². The molecule has 7 nitrogen and oxygen atoms in total. The van der Waals surface area contributed by atoms with Gasteiger partial charge in [0.15, 0.2) is 16.9 Å². The Morgan fingerprint density at radius 1 is 1.03 bits per heavy atom. The summed E-state index contributed by atoms with van der Waals surface area (Å²) < 4.78 is 17.1. The number of ether oxygens (including phenoxy) is 2.